The van der Waals surface area contributed by atoms with Crippen LogP contribution in [0.1, 0.15) is 29.9 Å². The molecule has 0 aliphatic carbocycles. The second-order valence-corrected chi connectivity index (χ2v) is 5.88. The maximum absolute atomic E-state index is 12.2. The zero-order valence-corrected chi connectivity index (χ0v) is 13.5. The molecule has 2 aromatic rings. The van der Waals surface area contributed by atoms with Gasteiger partial charge in [-0.3, -0.25) is 19.7 Å². The molecule has 2 amide bonds. The van der Waals surface area contributed by atoms with Crippen LogP contribution in [0.2, 0.25) is 0 Å². The Morgan fingerprint density at radius 2 is 2.21 bits per heavy atom. The summed E-state index contributed by atoms with van der Waals surface area (Å²) < 4.78 is 1.82. The van der Waals surface area contributed by atoms with Gasteiger partial charge in [0.2, 0.25) is 5.91 Å². The van der Waals surface area contributed by atoms with Crippen molar-refractivity contribution in [3.8, 4) is 0 Å². The highest BCUT2D eigenvalue weighted by atomic mass is 16.6. The Morgan fingerprint density at radius 3 is 2.88 bits per heavy atom. The molecular weight excluding hydrogens is 312 g/mol. The predicted molar refractivity (Wildman–Crippen MR) is 87.9 cm³/mol. The van der Waals surface area contributed by atoms with Gasteiger partial charge in [-0.1, -0.05) is 0 Å². The zero-order valence-electron chi connectivity index (χ0n) is 13.5. The molecule has 1 N–H and O–H groups in total. The number of hydrogen-bond donors (Lipinski definition) is 1. The van der Waals surface area contributed by atoms with Crippen molar-refractivity contribution in [2.75, 3.05) is 20.1 Å². The van der Waals surface area contributed by atoms with Crippen LogP contribution in [0.3, 0.4) is 0 Å². The highest BCUT2D eigenvalue weighted by molar-refractivity contribution is 6.00. The van der Waals surface area contributed by atoms with E-state index in [1.807, 2.05) is 11.5 Å². The lowest BCUT2D eigenvalue weighted by atomic mass is 10.1. The van der Waals surface area contributed by atoms with E-state index in [2.05, 4.69) is 5.32 Å². The lowest BCUT2D eigenvalue weighted by molar-refractivity contribution is -0.384. The minimum atomic E-state index is -0.465. The molecule has 1 atom stereocenters. The number of nitro groups is 1. The molecule has 3 rings (SSSR count). The Morgan fingerprint density at radius 1 is 1.46 bits per heavy atom. The molecule has 0 fully saturated rings. The molecular formula is C16H18N4O4. The summed E-state index contributed by atoms with van der Waals surface area (Å²) in [6.07, 6.45) is 0.262. The number of nitrogens with zero attached hydrogens (tertiary/aromatic N) is 3. The fraction of sp³-hybridized carbons (Fsp3) is 0.375. The number of rotatable bonds is 4. The number of nitro benzene ring substituents is 1. The molecule has 0 saturated heterocycles. The average Bonchev–Trinajstić information content (AvgIpc) is 2.96. The highest BCUT2D eigenvalue weighted by Crippen LogP contribution is 2.31. The van der Waals surface area contributed by atoms with E-state index in [1.54, 1.807) is 24.1 Å². The maximum atomic E-state index is 12.2. The minimum Gasteiger partial charge on any atom is -0.349 e. The first-order valence-electron chi connectivity index (χ1n) is 7.74. The number of carbonyl (C=O) groups is 2. The Kier molecular flexibility index (Phi) is 3.96. The molecule has 1 aromatic heterocycles. The van der Waals surface area contributed by atoms with E-state index < -0.39 is 4.92 Å². The van der Waals surface area contributed by atoms with Crippen molar-refractivity contribution in [1.29, 1.82) is 0 Å². The summed E-state index contributed by atoms with van der Waals surface area (Å²) in [7, 11) is 1.74. The van der Waals surface area contributed by atoms with Gasteiger partial charge in [0.1, 0.15) is 5.69 Å². The van der Waals surface area contributed by atoms with E-state index in [4.69, 9.17) is 0 Å². The van der Waals surface area contributed by atoms with Crippen molar-refractivity contribution < 1.29 is 14.5 Å². The fourth-order valence-electron chi connectivity index (χ4n) is 2.99. The quantitative estimate of drug-likeness (QED) is 0.681. The van der Waals surface area contributed by atoms with Gasteiger partial charge >= 0.3 is 0 Å². The number of benzene rings is 1. The third kappa shape index (κ3) is 2.60. The third-order valence-corrected chi connectivity index (χ3v) is 4.44. The smallest absolute Gasteiger partial charge is 0.270 e. The molecule has 0 bridgehead atoms. The van der Waals surface area contributed by atoms with E-state index in [-0.39, 0.29) is 30.0 Å². The summed E-state index contributed by atoms with van der Waals surface area (Å²) in [5.74, 6) is -0.241. The lowest BCUT2D eigenvalue weighted by Gasteiger charge is -2.28. The number of hydrogen-bond acceptors (Lipinski definition) is 4. The van der Waals surface area contributed by atoms with Gasteiger partial charge in [0, 0.05) is 49.6 Å². The van der Waals surface area contributed by atoms with Gasteiger partial charge in [-0.25, -0.2) is 0 Å². The number of fused-ring (bicyclic) bond motifs is 3. The number of non-ortho nitro benzene ring substituents is 1. The minimum absolute atomic E-state index is 0.00615. The molecule has 0 radical (unpaired) electrons. The second kappa shape index (κ2) is 5.95. The lowest BCUT2D eigenvalue weighted by Crippen LogP contribution is -2.41. The third-order valence-electron chi connectivity index (χ3n) is 4.44. The van der Waals surface area contributed by atoms with Crippen LogP contribution in [0.5, 0.6) is 0 Å². The SMILES string of the molecule is CCN(C)C(=O)CC1CNC(=O)c2cc3cc([N+](=O)[O-])ccc3n21. The molecule has 8 nitrogen and oxygen atoms in total. The number of nitrogens with one attached hydrogen (secondary N) is 1. The van der Waals surface area contributed by atoms with Gasteiger partial charge in [-0.2, -0.15) is 0 Å². The summed E-state index contributed by atoms with van der Waals surface area (Å²) in [6.45, 7) is 2.87. The van der Waals surface area contributed by atoms with Crippen molar-refractivity contribution in [2.24, 2.45) is 0 Å². The van der Waals surface area contributed by atoms with Crippen LogP contribution >= 0.6 is 0 Å². The van der Waals surface area contributed by atoms with Crippen LogP contribution in [-0.2, 0) is 4.79 Å². The number of carbonyl (C=O) groups excluding carboxylic acids is 2. The highest BCUT2D eigenvalue weighted by Gasteiger charge is 2.29. The van der Waals surface area contributed by atoms with Crippen LogP contribution in [0.15, 0.2) is 24.3 Å². The van der Waals surface area contributed by atoms with Crippen LogP contribution in [0, 0.1) is 10.1 Å². The maximum Gasteiger partial charge on any atom is 0.270 e. The second-order valence-electron chi connectivity index (χ2n) is 5.88. The van der Waals surface area contributed by atoms with Crippen molar-refractivity contribution in [3.63, 3.8) is 0 Å². The topological polar surface area (TPSA) is 97.5 Å². The van der Waals surface area contributed by atoms with Crippen molar-refractivity contribution in [1.82, 2.24) is 14.8 Å². The van der Waals surface area contributed by atoms with E-state index >= 15 is 0 Å². The van der Waals surface area contributed by atoms with E-state index in [0.29, 0.717) is 24.2 Å². The summed E-state index contributed by atoms with van der Waals surface area (Å²) in [5.41, 5.74) is 1.13. The van der Waals surface area contributed by atoms with E-state index in [0.717, 1.165) is 5.52 Å². The molecule has 0 saturated carbocycles. The first-order chi connectivity index (χ1) is 11.4. The summed E-state index contributed by atoms with van der Waals surface area (Å²) in [4.78, 5) is 36.5. The molecule has 1 aromatic carbocycles. The standard InChI is InChI=1S/C16H18N4O4/c1-3-18(2)15(21)8-12-9-17-16(22)14-7-10-6-11(20(23)24)4-5-13(10)19(12)14/h4-7,12H,3,8-9H2,1-2H3,(H,17,22). The van der Waals surface area contributed by atoms with Gasteiger partial charge in [0.05, 0.1) is 11.0 Å². The molecule has 126 valence electrons. The Labute approximate surface area is 138 Å². The summed E-state index contributed by atoms with van der Waals surface area (Å²) >= 11 is 0. The van der Waals surface area contributed by atoms with Crippen LogP contribution in [-0.4, -0.2) is 46.3 Å². The van der Waals surface area contributed by atoms with Crippen molar-refractivity contribution in [3.05, 3.63) is 40.1 Å². The monoisotopic (exact) mass is 330 g/mol. The number of amides is 2. The molecule has 2 heterocycles. The molecule has 1 unspecified atom stereocenters. The molecule has 1 aliphatic heterocycles. The molecule has 8 heteroatoms. The molecule has 0 spiro atoms. The van der Waals surface area contributed by atoms with Crippen LogP contribution in [0.25, 0.3) is 10.9 Å². The Balaban J connectivity index is 2.05. The number of aromatic nitrogens is 1. The summed E-state index contributed by atoms with van der Waals surface area (Å²) in [5, 5.41) is 14.3. The van der Waals surface area contributed by atoms with E-state index in [9.17, 15) is 19.7 Å². The summed E-state index contributed by atoms with van der Waals surface area (Å²) in [6, 6.07) is 5.93. The fourth-order valence-corrected chi connectivity index (χ4v) is 2.99. The first kappa shape index (κ1) is 16.0. The molecule has 24 heavy (non-hydrogen) atoms. The largest absolute Gasteiger partial charge is 0.349 e. The van der Waals surface area contributed by atoms with Gasteiger partial charge < -0.3 is 14.8 Å². The van der Waals surface area contributed by atoms with E-state index in [1.165, 1.54) is 12.1 Å². The Hall–Kier alpha value is -2.90. The van der Waals surface area contributed by atoms with Gasteiger partial charge in [0.25, 0.3) is 11.6 Å². The van der Waals surface area contributed by atoms with Crippen LogP contribution < -0.4 is 5.32 Å². The van der Waals surface area contributed by atoms with Crippen LogP contribution in [0.4, 0.5) is 5.69 Å². The molecule has 1 aliphatic rings. The normalized spacial score (nSPS) is 16.6. The van der Waals surface area contributed by atoms with Crippen molar-refractivity contribution >= 4 is 28.4 Å². The zero-order chi connectivity index (χ0) is 17.4. The predicted octanol–water partition coefficient (Wildman–Crippen LogP) is 1.70. The van der Waals surface area contributed by atoms with Gasteiger partial charge in [0.15, 0.2) is 0 Å². The van der Waals surface area contributed by atoms with Gasteiger partial charge in [-0.15, -0.1) is 0 Å². The van der Waals surface area contributed by atoms with Gasteiger partial charge in [-0.05, 0) is 19.1 Å². The first-order valence-corrected chi connectivity index (χ1v) is 7.74. The Bertz CT molecular complexity index is 842. The average molecular weight is 330 g/mol. The van der Waals surface area contributed by atoms with Crippen molar-refractivity contribution in [2.45, 2.75) is 19.4 Å².